The monoisotopic (exact) mass is 408 g/mol. The molecule has 1 atom stereocenters. The van der Waals surface area contributed by atoms with Crippen LogP contribution in [0, 0.1) is 0 Å². The van der Waals surface area contributed by atoms with Gasteiger partial charge < -0.3 is 23.7 Å². The van der Waals surface area contributed by atoms with E-state index in [1.165, 1.54) is 0 Å². The van der Waals surface area contributed by atoms with E-state index in [4.69, 9.17) is 23.7 Å². The van der Waals surface area contributed by atoms with Gasteiger partial charge in [-0.2, -0.15) is 0 Å². The van der Waals surface area contributed by atoms with Crippen LogP contribution in [0.4, 0.5) is 0 Å². The molecule has 1 aromatic rings. The van der Waals surface area contributed by atoms with E-state index in [2.05, 4.69) is 0 Å². The first-order valence-corrected chi connectivity index (χ1v) is 9.87. The van der Waals surface area contributed by atoms with Crippen LogP contribution in [0.3, 0.4) is 0 Å². The zero-order valence-electron chi connectivity index (χ0n) is 18.0. The number of epoxide rings is 1. The summed E-state index contributed by atoms with van der Waals surface area (Å²) in [6.07, 6.45) is 1.38. The predicted molar refractivity (Wildman–Crippen MR) is 107 cm³/mol. The van der Waals surface area contributed by atoms with Crippen molar-refractivity contribution in [1.82, 2.24) is 0 Å². The van der Waals surface area contributed by atoms with Crippen LogP contribution in [0.5, 0.6) is 0 Å². The highest BCUT2D eigenvalue weighted by Crippen LogP contribution is 2.20. The average Bonchev–Trinajstić information content (AvgIpc) is 3.47. The van der Waals surface area contributed by atoms with Crippen LogP contribution in [0.1, 0.15) is 61.3 Å². The normalized spacial score (nSPS) is 16.4. The highest BCUT2D eigenvalue weighted by Gasteiger charge is 2.27. The summed E-state index contributed by atoms with van der Waals surface area (Å²) >= 11 is 0. The molecule has 1 unspecified atom stereocenters. The second-order valence-electron chi connectivity index (χ2n) is 8.40. The first kappa shape index (κ1) is 23.3. The van der Waals surface area contributed by atoms with Gasteiger partial charge >= 0.3 is 11.9 Å². The van der Waals surface area contributed by atoms with Crippen molar-refractivity contribution in [2.75, 3.05) is 33.5 Å². The van der Waals surface area contributed by atoms with Crippen LogP contribution in [-0.2, 0) is 23.7 Å². The molecule has 0 amide bonds. The zero-order chi connectivity index (χ0) is 21.5. The van der Waals surface area contributed by atoms with Gasteiger partial charge in [0.15, 0.2) is 0 Å². The summed E-state index contributed by atoms with van der Waals surface area (Å²) in [5, 5.41) is 0. The Kier molecular flexibility index (Phi) is 8.19. The second kappa shape index (κ2) is 10.2. The van der Waals surface area contributed by atoms with Gasteiger partial charge in [-0.15, -0.1) is 0 Å². The molecule has 0 saturated carbocycles. The lowest BCUT2D eigenvalue weighted by molar-refractivity contribution is -0.0190. The molecule has 0 radical (unpaired) electrons. The summed E-state index contributed by atoms with van der Waals surface area (Å²) in [6, 6.07) is 6.27. The Morgan fingerprint density at radius 2 is 1.38 bits per heavy atom. The van der Waals surface area contributed by atoms with Gasteiger partial charge in [0, 0.05) is 26.6 Å². The molecule has 1 aliphatic heterocycles. The van der Waals surface area contributed by atoms with Crippen molar-refractivity contribution in [3.05, 3.63) is 35.4 Å². The largest absolute Gasteiger partial charge is 0.456 e. The molecule has 0 spiro atoms. The maximum atomic E-state index is 12.4. The van der Waals surface area contributed by atoms with Crippen LogP contribution in [0.2, 0.25) is 0 Å². The third-order valence-corrected chi connectivity index (χ3v) is 4.56. The van der Waals surface area contributed by atoms with Crippen LogP contribution in [0.25, 0.3) is 0 Å². The summed E-state index contributed by atoms with van der Waals surface area (Å²) in [5.74, 6) is -0.885. The first-order valence-electron chi connectivity index (χ1n) is 9.87. The fraction of sp³-hybridized carbons (Fsp3) is 0.636. The van der Waals surface area contributed by atoms with Gasteiger partial charge in [-0.05, 0) is 52.0 Å². The predicted octanol–water partition coefficient (Wildman–Crippen LogP) is 3.40. The summed E-state index contributed by atoms with van der Waals surface area (Å²) in [6.45, 7) is 9.67. The van der Waals surface area contributed by atoms with Crippen molar-refractivity contribution < 1.29 is 33.3 Å². The SMILES string of the molecule is COCCC(C)(C)OC(=O)c1ccc(C(=O)OC(C)(C)CCOCC2CO2)cc1. The minimum Gasteiger partial charge on any atom is -0.456 e. The van der Waals surface area contributed by atoms with E-state index >= 15 is 0 Å². The molecular weight excluding hydrogens is 376 g/mol. The highest BCUT2D eigenvalue weighted by molar-refractivity contribution is 5.93. The number of methoxy groups -OCH3 is 1. The minimum atomic E-state index is -0.662. The molecule has 162 valence electrons. The quantitative estimate of drug-likeness (QED) is 0.298. The lowest BCUT2D eigenvalue weighted by Crippen LogP contribution is -2.30. The van der Waals surface area contributed by atoms with Crippen molar-refractivity contribution in [1.29, 1.82) is 0 Å². The van der Waals surface area contributed by atoms with E-state index in [1.54, 1.807) is 31.4 Å². The van der Waals surface area contributed by atoms with E-state index in [1.807, 2.05) is 27.7 Å². The van der Waals surface area contributed by atoms with E-state index < -0.39 is 23.1 Å². The first-order chi connectivity index (χ1) is 13.6. The maximum absolute atomic E-state index is 12.4. The van der Waals surface area contributed by atoms with Crippen molar-refractivity contribution in [3.8, 4) is 0 Å². The van der Waals surface area contributed by atoms with Crippen molar-refractivity contribution in [2.24, 2.45) is 0 Å². The van der Waals surface area contributed by atoms with Crippen LogP contribution in [-0.4, -0.2) is 62.8 Å². The molecule has 2 rings (SSSR count). The highest BCUT2D eigenvalue weighted by atomic mass is 16.6. The molecule has 0 bridgehead atoms. The van der Waals surface area contributed by atoms with Gasteiger partial charge in [-0.1, -0.05) is 0 Å². The topological polar surface area (TPSA) is 83.6 Å². The summed E-state index contributed by atoms with van der Waals surface area (Å²) < 4.78 is 26.7. The number of rotatable bonds is 12. The van der Waals surface area contributed by atoms with Gasteiger partial charge in [-0.3, -0.25) is 0 Å². The standard InChI is InChI=1S/C22H32O7/c1-21(2,10-12-25-5)28-19(23)16-6-8-17(9-7-16)20(24)29-22(3,4)11-13-26-14-18-15-27-18/h6-9,18H,10-15H2,1-5H3. The third kappa shape index (κ3) is 8.51. The Hall–Kier alpha value is -1.96. The minimum absolute atomic E-state index is 0.219. The lowest BCUT2D eigenvalue weighted by Gasteiger charge is -2.25. The van der Waals surface area contributed by atoms with E-state index in [9.17, 15) is 9.59 Å². The second-order valence-corrected chi connectivity index (χ2v) is 8.40. The number of hydrogen-bond donors (Lipinski definition) is 0. The molecular formula is C22H32O7. The van der Waals surface area contributed by atoms with Gasteiger partial charge in [0.25, 0.3) is 0 Å². The molecule has 1 heterocycles. The Morgan fingerprint density at radius 1 is 0.931 bits per heavy atom. The molecule has 29 heavy (non-hydrogen) atoms. The van der Waals surface area contributed by atoms with Crippen LogP contribution < -0.4 is 0 Å². The van der Waals surface area contributed by atoms with Gasteiger partial charge in [-0.25, -0.2) is 9.59 Å². The molecule has 1 aromatic carbocycles. The average molecular weight is 408 g/mol. The van der Waals surface area contributed by atoms with Gasteiger partial charge in [0.05, 0.1) is 30.9 Å². The molecule has 1 saturated heterocycles. The maximum Gasteiger partial charge on any atom is 0.338 e. The smallest absolute Gasteiger partial charge is 0.338 e. The number of ether oxygens (including phenoxy) is 5. The Morgan fingerprint density at radius 3 is 1.79 bits per heavy atom. The van der Waals surface area contributed by atoms with Gasteiger partial charge in [0.1, 0.15) is 17.3 Å². The third-order valence-electron chi connectivity index (χ3n) is 4.56. The van der Waals surface area contributed by atoms with E-state index in [0.29, 0.717) is 43.8 Å². The fourth-order valence-corrected chi connectivity index (χ4v) is 2.51. The molecule has 1 aliphatic rings. The molecule has 1 fully saturated rings. The Balaban J connectivity index is 1.84. The van der Waals surface area contributed by atoms with Crippen molar-refractivity contribution in [2.45, 2.75) is 57.8 Å². The summed E-state index contributed by atoms with van der Waals surface area (Å²) in [4.78, 5) is 24.8. The molecule has 0 N–H and O–H groups in total. The van der Waals surface area contributed by atoms with Gasteiger partial charge in [0.2, 0.25) is 0 Å². The number of carbonyl (C=O) groups excluding carboxylic acids is 2. The zero-order valence-corrected chi connectivity index (χ0v) is 18.0. The number of hydrogen-bond acceptors (Lipinski definition) is 7. The van der Waals surface area contributed by atoms with Crippen molar-refractivity contribution in [3.63, 3.8) is 0 Å². The molecule has 0 aliphatic carbocycles. The van der Waals surface area contributed by atoms with Crippen LogP contribution >= 0.6 is 0 Å². The Bertz CT molecular complexity index is 675. The molecule has 7 heteroatoms. The number of carbonyl (C=O) groups is 2. The lowest BCUT2D eigenvalue weighted by atomic mass is 10.0. The Labute approximate surface area is 172 Å². The van der Waals surface area contributed by atoms with E-state index in [0.717, 1.165) is 6.61 Å². The number of benzene rings is 1. The summed E-state index contributed by atoms with van der Waals surface area (Å²) in [5.41, 5.74) is -0.546. The summed E-state index contributed by atoms with van der Waals surface area (Å²) in [7, 11) is 1.60. The number of esters is 2. The van der Waals surface area contributed by atoms with Crippen molar-refractivity contribution >= 4 is 11.9 Å². The fourth-order valence-electron chi connectivity index (χ4n) is 2.51. The van der Waals surface area contributed by atoms with E-state index in [-0.39, 0.29) is 6.10 Å². The molecule has 0 aromatic heterocycles. The van der Waals surface area contributed by atoms with Crippen LogP contribution in [0.15, 0.2) is 24.3 Å². The molecule has 7 nitrogen and oxygen atoms in total.